The van der Waals surface area contributed by atoms with Crippen LogP contribution in [0.5, 0.6) is 11.5 Å². The Bertz CT molecular complexity index is 2070. The number of amides is 1. The van der Waals surface area contributed by atoms with Crippen LogP contribution in [0.4, 0.5) is 26.3 Å². The molecule has 0 spiro atoms. The summed E-state index contributed by atoms with van der Waals surface area (Å²) in [5, 5.41) is 13.6. The Hall–Kier alpha value is -4.82. The molecule has 0 bridgehead atoms. The zero-order chi connectivity index (χ0) is 40.6. The first-order chi connectivity index (χ1) is 26.5. The van der Waals surface area contributed by atoms with E-state index in [2.05, 4.69) is 30.1 Å². The van der Waals surface area contributed by atoms with Crippen molar-refractivity contribution >= 4 is 22.6 Å². The van der Waals surface area contributed by atoms with Gasteiger partial charge in [-0.25, -0.2) is 4.79 Å². The highest BCUT2D eigenvalue weighted by atomic mass is 19.4. The number of likely N-dealkylation sites (tertiary alicyclic amines) is 1. The summed E-state index contributed by atoms with van der Waals surface area (Å²) in [6, 6.07) is 19.3. The molecule has 56 heavy (non-hydrogen) atoms. The van der Waals surface area contributed by atoms with Crippen LogP contribution in [0.25, 0.3) is 33.0 Å². The molecule has 2 heterocycles. The van der Waals surface area contributed by atoms with Crippen molar-refractivity contribution in [2.75, 3.05) is 40.4 Å². The Balaban J connectivity index is 1.27. The number of carboxylic acid groups (broad SMARTS) is 1. The number of alkyl halides is 6. The number of carbonyl (C=O) groups is 2. The molecule has 2 aliphatic rings. The van der Waals surface area contributed by atoms with Gasteiger partial charge in [-0.1, -0.05) is 60.7 Å². The van der Waals surface area contributed by atoms with Gasteiger partial charge in [0.15, 0.2) is 0 Å². The third-order valence-corrected chi connectivity index (χ3v) is 11.2. The van der Waals surface area contributed by atoms with E-state index in [0.29, 0.717) is 22.7 Å². The maximum Gasteiger partial charge on any atom is 0.403 e. The van der Waals surface area contributed by atoms with Crippen molar-refractivity contribution in [2.24, 2.45) is 5.41 Å². The average Bonchev–Trinajstić information content (AvgIpc) is 3.15. The summed E-state index contributed by atoms with van der Waals surface area (Å²) < 4.78 is 94.0. The Morgan fingerprint density at radius 2 is 1.52 bits per heavy atom. The van der Waals surface area contributed by atoms with Crippen molar-refractivity contribution in [3.8, 4) is 33.8 Å². The minimum atomic E-state index is -5.11. The molecule has 4 aromatic rings. The SMILES string of the molecule is COc1cc2c(c(OC)c1-c1ccc(-c3cccc4c(C[C@H](NC(=O)C5(C(F)(F)F)CCN(CC(F)(F)F)CC5)C(=O)O)cccc34)cc1)CN(C(C)C)CC2. The van der Waals surface area contributed by atoms with Gasteiger partial charge >= 0.3 is 18.3 Å². The first kappa shape index (κ1) is 40.8. The van der Waals surface area contributed by atoms with Crippen LogP contribution in [0.1, 0.15) is 43.4 Å². The van der Waals surface area contributed by atoms with E-state index in [9.17, 15) is 41.0 Å². The van der Waals surface area contributed by atoms with E-state index in [1.807, 2.05) is 36.4 Å². The summed E-state index contributed by atoms with van der Waals surface area (Å²) in [4.78, 5) is 29.0. The molecule has 0 saturated carbocycles. The van der Waals surface area contributed by atoms with Gasteiger partial charge < -0.3 is 19.9 Å². The first-order valence-corrected chi connectivity index (χ1v) is 18.5. The summed E-state index contributed by atoms with van der Waals surface area (Å²) in [6.45, 7) is 3.40. The normalized spacial score (nSPS) is 17.1. The number of piperidine rings is 1. The number of nitrogens with zero attached hydrogens (tertiary/aromatic N) is 2. The maximum absolute atomic E-state index is 14.4. The van der Waals surface area contributed by atoms with Crippen LogP contribution in [0.2, 0.25) is 0 Å². The molecule has 1 atom stereocenters. The fourth-order valence-corrected chi connectivity index (χ4v) is 8.09. The number of ether oxygens (including phenoxy) is 2. The molecule has 0 aromatic heterocycles. The Kier molecular flexibility index (Phi) is 11.6. The summed E-state index contributed by atoms with van der Waals surface area (Å²) in [7, 11) is 3.30. The number of hydrogen-bond donors (Lipinski definition) is 2. The zero-order valence-corrected chi connectivity index (χ0v) is 31.6. The second-order valence-corrected chi connectivity index (χ2v) is 14.9. The second kappa shape index (κ2) is 16.0. The van der Waals surface area contributed by atoms with E-state index >= 15 is 0 Å². The molecule has 4 aromatic carbocycles. The standard InChI is InChI=1S/C42H45F6N3O5/c1-25(2)51-18-15-29-22-35(55-3)36(37(56-4)33(29)23-51)27-13-11-26(12-14-27)30-8-6-9-31-28(7-5-10-32(30)31)21-34(38(52)53)49-39(54)40(42(46,47)48)16-19-50(20-17-40)24-41(43,44)45/h5-14,22,25,34H,15-21,23-24H2,1-4H3,(H,49,54)(H,52,53)/t34-/m0/s1. The first-order valence-electron chi connectivity index (χ1n) is 18.5. The molecule has 1 amide bonds. The van der Waals surface area contributed by atoms with E-state index in [-0.39, 0.29) is 6.42 Å². The molecule has 2 aliphatic heterocycles. The van der Waals surface area contributed by atoms with Crippen LogP contribution < -0.4 is 14.8 Å². The molecule has 6 rings (SSSR count). The summed E-state index contributed by atoms with van der Waals surface area (Å²) in [6.07, 6.45) is -11.0. The van der Waals surface area contributed by atoms with Gasteiger partial charge in [0.05, 0.1) is 26.3 Å². The van der Waals surface area contributed by atoms with Gasteiger partial charge in [-0.3, -0.25) is 14.6 Å². The molecular formula is C42H45F6N3O5. The molecule has 0 aliphatic carbocycles. The van der Waals surface area contributed by atoms with Crippen LogP contribution in [-0.2, 0) is 29.0 Å². The Morgan fingerprint density at radius 1 is 0.875 bits per heavy atom. The summed E-state index contributed by atoms with van der Waals surface area (Å²) in [5.41, 5.74) is 3.18. The average molecular weight is 786 g/mol. The number of rotatable bonds is 11. The lowest BCUT2D eigenvalue weighted by atomic mass is 9.76. The van der Waals surface area contributed by atoms with Crippen LogP contribution in [0.15, 0.2) is 66.7 Å². The molecule has 8 nitrogen and oxygen atoms in total. The molecule has 300 valence electrons. The molecular weight excluding hydrogens is 740 g/mol. The largest absolute Gasteiger partial charge is 0.496 e. The quantitative estimate of drug-likeness (QED) is 0.148. The van der Waals surface area contributed by atoms with Gasteiger partial charge in [0.2, 0.25) is 5.91 Å². The third kappa shape index (κ3) is 8.17. The van der Waals surface area contributed by atoms with E-state index in [4.69, 9.17) is 9.47 Å². The van der Waals surface area contributed by atoms with Crippen molar-refractivity contribution in [3.63, 3.8) is 0 Å². The minimum absolute atomic E-state index is 0.332. The number of fused-ring (bicyclic) bond motifs is 2. The van der Waals surface area contributed by atoms with Gasteiger partial charge in [-0.05, 0) is 90.9 Å². The number of hydrogen-bond acceptors (Lipinski definition) is 6. The topological polar surface area (TPSA) is 91.3 Å². The highest BCUT2D eigenvalue weighted by Gasteiger charge is 2.61. The monoisotopic (exact) mass is 785 g/mol. The Labute approximate surface area is 321 Å². The minimum Gasteiger partial charge on any atom is -0.496 e. The lowest BCUT2D eigenvalue weighted by Crippen LogP contribution is -2.59. The van der Waals surface area contributed by atoms with Crippen LogP contribution >= 0.6 is 0 Å². The van der Waals surface area contributed by atoms with E-state index in [1.165, 1.54) is 5.56 Å². The van der Waals surface area contributed by atoms with Crippen molar-refractivity contribution in [1.29, 1.82) is 0 Å². The number of benzene rings is 4. The number of carboxylic acids is 1. The van der Waals surface area contributed by atoms with E-state index in [1.54, 1.807) is 38.5 Å². The Morgan fingerprint density at radius 3 is 2.11 bits per heavy atom. The predicted octanol–water partition coefficient (Wildman–Crippen LogP) is 8.28. The van der Waals surface area contributed by atoms with E-state index < -0.39 is 68.2 Å². The molecule has 14 heteroatoms. The van der Waals surface area contributed by atoms with Crippen LogP contribution in [0.3, 0.4) is 0 Å². The van der Waals surface area contributed by atoms with Gasteiger partial charge in [0.1, 0.15) is 23.0 Å². The van der Waals surface area contributed by atoms with Crippen molar-refractivity contribution in [3.05, 3.63) is 83.4 Å². The smallest absolute Gasteiger partial charge is 0.403 e. The highest BCUT2D eigenvalue weighted by molar-refractivity contribution is 5.99. The van der Waals surface area contributed by atoms with Crippen molar-refractivity contribution in [2.45, 2.75) is 70.5 Å². The molecule has 2 N–H and O–H groups in total. The number of aliphatic carboxylic acids is 1. The maximum atomic E-state index is 14.4. The fraction of sp³-hybridized carbons (Fsp3) is 0.429. The van der Waals surface area contributed by atoms with Gasteiger partial charge in [-0.15, -0.1) is 0 Å². The van der Waals surface area contributed by atoms with Crippen molar-refractivity contribution < 1.29 is 50.5 Å². The lowest BCUT2D eigenvalue weighted by molar-refractivity contribution is -0.236. The lowest BCUT2D eigenvalue weighted by Gasteiger charge is -2.42. The number of halogens is 6. The van der Waals surface area contributed by atoms with Gasteiger partial charge in [0.25, 0.3) is 0 Å². The molecule has 0 unspecified atom stereocenters. The molecule has 0 radical (unpaired) electrons. The van der Waals surface area contributed by atoms with Crippen LogP contribution in [0, 0.1) is 5.41 Å². The molecule has 1 saturated heterocycles. The highest BCUT2D eigenvalue weighted by Crippen LogP contribution is 2.48. The molecule has 1 fully saturated rings. The summed E-state index contributed by atoms with van der Waals surface area (Å²) >= 11 is 0. The van der Waals surface area contributed by atoms with Crippen LogP contribution in [-0.4, -0.2) is 91.6 Å². The predicted molar refractivity (Wildman–Crippen MR) is 201 cm³/mol. The fourth-order valence-electron chi connectivity index (χ4n) is 8.09. The van der Waals surface area contributed by atoms with Gasteiger partial charge in [-0.2, -0.15) is 26.3 Å². The zero-order valence-electron chi connectivity index (χ0n) is 31.6. The number of carbonyl (C=O) groups excluding carboxylic acids is 1. The third-order valence-electron chi connectivity index (χ3n) is 11.2. The second-order valence-electron chi connectivity index (χ2n) is 14.9. The number of nitrogens with one attached hydrogen (secondary N) is 1. The number of methoxy groups -OCH3 is 2. The van der Waals surface area contributed by atoms with E-state index in [0.717, 1.165) is 63.4 Å². The summed E-state index contributed by atoms with van der Waals surface area (Å²) in [5.74, 6) is -1.64. The van der Waals surface area contributed by atoms with Gasteiger partial charge in [0, 0.05) is 31.1 Å². The van der Waals surface area contributed by atoms with Crippen molar-refractivity contribution in [1.82, 2.24) is 15.1 Å².